The number of benzene rings is 2. The maximum Gasteiger partial charge on any atom is 0.248 e. The van der Waals surface area contributed by atoms with Gasteiger partial charge in [-0.25, -0.2) is 0 Å². The zero-order chi connectivity index (χ0) is 14.5. The molecular formula is C16H18N2O2. The number of hydrogen-bond acceptors (Lipinski definition) is 3. The monoisotopic (exact) mass is 270 g/mol. The quantitative estimate of drug-likeness (QED) is 0.819. The van der Waals surface area contributed by atoms with E-state index in [0.29, 0.717) is 22.7 Å². The molecule has 0 aliphatic carbocycles. The van der Waals surface area contributed by atoms with Crippen molar-refractivity contribution in [1.82, 2.24) is 0 Å². The van der Waals surface area contributed by atoms with Crippen molar-refractivity contribution < 1.29 is 9.53 Å². The number of carbonyl (C=O) groups is 1. The first-order valence-electron chi connectivity index (χ1n) is 6.56. The molecule has 0 aliphatic rings. The smallest absolute Gasteiger partial charge is 0.248 e. The van der Waals surface area contributed by atoms with Gasteiger partial charge in [-0.2, -0.15) is 0 Å². The molecule has 0 unspecified atom stereocenters. The third-order valence-electron chi connectivity index (χ3n) is 2.99. The topological polar surface area (TPSA) is 78.3 Å². The second-order valence-corrected chi connectivity index (χ2v) is 4.61. The Morgan fingerprint density at radius 1 is 1.15 bits per heavy atom. The average Bonchev–Trinajstić information content (AvgIpc) is 2.43. The van der Waals surface area contributed by atoms with Gasteiger partial charge in [-0.05, 0) is 42.3 Å². The molecule has 0 saturated carbocycles. The Morgan fingerprint density at radius 2 is 1.85 bits per heavy atom. The Morgan fingerprint density at radius 3 is 2.45 bits per heavy atom. The SMILES string of the molecule is CCCc1ccc(Oc2cc(C(N)=O)ccc2N)cc1. The highest BCUT2D eigenvalue weighted by Crippen LogP contribution is 2.28. The molecule has 0 saturated heterocycles. The van der Waals surface area contributed by atoms with Gasteiger partial charge >= 0.3 is 0 Å². The Kier molecular flexibility index (Phi) is 4.25. The van der Waals surface area contributed by atoms with Gasteiger partial charge in [0.25, 0.3) is 0 Å². The summed E-state index contributed by atoms with van der Waals surface area (Å²) < 4.78 is 5.70. The van der Waals surface area contributed by atoms with E-state index in [1.54, 1.807) is 18.2 Å². The van der Waals surface area contributed by atoms with Gasteiger partial charge < -0.3 is 16.2 Å². The van der Waals surface area contributed by atoms with Gasteiger partial charge in [0, 0.05) is 5.56 Å². The number of anilines is 1. The highest BCUT2D eigenvalue weighted by atomic mass is 16.5. The van der Waals surface area contributed by atoms with E-state index >= 15 is 0 Å². The normalized spacial score (nSPS) is 10.2. The second-order valence-electron chi connectivity index (χ2n) is 4.61. The first-order chi connectivity index (χ1) is 9.60. The lowest BCUT2D eigenvalue weighted by molar-refractivity contribution is 0.1000. The zero-order valence-electron chi connectivity index (χ0n) is 11.4. The number of nitrogen functional groups attached to an aromatic ring is 1. The van der Waals surface area contributed by atoms with Crippen LogP contribution in [-0.4, -0.2) is 5.91 Å². The van der Waals surface area contributed by atoms with Crippen LogP contribution in [0.3, 0.4) is 0 Å². The lowest BCUT2D eigenvalue weighted by atomic mass is 10.1. The van der Waals surface area contributed by atoms with Crippen LogP contribution >= 0.6 is 0 Å². The molecule has 4 heteroatoms. The van der Waals surface area contributed by atoms with Crippen molar-refractivity contribution in [2.75, 3.05) is 5.73 Å². The van der Waals surface area contributed by atoms with E-state index in [-0.39, 0.29) is 0 Å². The molecule has 0 bridgehead atoms. The molecular weight excluding hydrogens is 252 g/mol. The van der Waals surface area contributed by atoms with Crippen LogP contribution in [0.1, 0.15) is 29.3 Å². The second kappa shape index (κ2) is 6.10. The van der Waals surface area contributed by atoms with Gasteiger partial charge in [0.05, 0.1) is 5.69 Å². The number of amides is 1. The zero-order valence-corrected chi connectivity index (χ0v) is 11.4. The van der Waals surface area contributed by atoms with Crippen molar-refractivity contribution >= 4 is 11.6 Å². The van der Waals surface area contributed by atoms with Crippen molar-refractivity contribution in [2.24, 2.45) is 5.73 Å². The number of carbonyl (C=O) groups excluding carboxylic acids is 1. The molecule has 2 rings (SSSR count). The minimum atomic E-state index is -0.506. The Balaban J connectivity index is 2.20. The highest BCUT2D eigenvalue weighted by Gasteiger charge is 2.07. The molecule has 20 heavy (non-hydrogen) atoms. The van der Waals surface area contributed by atoms with Crippen LogP contribution in [0.15, 0.2) is 42.5 Å². The summed E-state index contributed by atoms with van der Waals surface area (Å²) in [5, 5.41) is 0. The van der Waals surface area contributed by atoms with E-state index in [9.17, 15) is 4.79 Å². The first-order valence-corrected chi connectivity index (χ1v) is 6.56. The molecule has 0 fully saturated rings. The molecule has 2 aromatic carbocycles. The molecule has 104 valence electrons. The fourth-order valence-corrected chi connectivity index (χ4v) is 1.92. The fraction of sp³-hybridized carbons (Fsp3) is 0.188. The van der Waals surface area contributed by atoms with Crippen LogP contribution in [0.25, 0.3) is 0 Å². The summed E-state index contributed by atoms with van der Waals surface area (Å²) >= 11 is 0. The van der Waals surface area contributed by atoms with Crippen molar-refractivity contribution in [3.05, 3.63) is 53.6 Å². The van der Waals surface area contributed by atoms with E-state index in [2.05, 4.69) is 6.92 Å². The van der Waals surface area contributed by atoms with Gasteiger partial charge in [-0.1, -0.05) is 25.5 Å². The van der Waals surface area contributed by atoms with Crippen LogP contribution in [0.5, 0.6) is 11.5 Å². The highest BCUT2D eigenvalue weighted by molar-refractivity contribution is 5.93. The van der Waals surface area contributed by atoms with Crippen molar-refractivity contribution in [3.8, 4) is 11.5 Å². The van der Waals surface area contributed by atoms with Crippen LogP contribution in [-0.2, 0) is 6.42 Å². The van der Waals surface area contributed by atoms with Crippen molar-refractivity contribution in [1.29, 1.82) is 0 Å². The van der Waals surface area contributed by atoms with E-state index in [1.807, 2.05) is 24.3 Å². The number of rotatable bonds is 5. The van der Waals surface area contributed by atoms with Crippen LogP contribution in [0.2, 0.25) is 0 Å². The van der Waals surface area contributed by atoms with Gasteiger partial charge in [0.15, 0.2) is 5.75 Å². The van der Waals surface area contributed by atoms with Gasteiger partial charge in [-0.15, -0.1) is 0 Å². The molecule has 0 aliphatic heterocycles. The molecule has 1 amide bonds. The molecule has 4 nitrogen and oxygen atoms in total. The molecule has 0 aromatic heterocycles. The van der Waals surface area contributed by atoms with E-state index in [0.717, 1.165) is 12.8 Å². The number of primary amides is 1. The van der Waals surface area contributed by atoms with E-state index < -0.39 is 5.91 Å². The maximum atomic E-state index is 11.2. The van der Waals surface area contributed by atoms with Crippen molar-refractivity contribution in [2.45, 2.75) is 19.8 Å². The van der Waals surface area contributed by atoms with E-state index in [4.69, 9.17) is 16.2 Å². The fourth-order valence-electron chi connectivity index (χ4n) is 1.92. The number of ether oxygens (including phenoxy) is 1. The molecule has 0 heterocycles. The standard InChI is InChI=1S/C16H18N2O2/c1-2-3-11-4-7-13(8-5-11)20-15-10-12(16(18)19)6-9-14(15)17/h4-10H,2-3,17H2,1H3,(H2,18,19). The number of aryl methyl sites for hydroxylation is 1. The average molecular weight is 270 g/mol. The summed E-state index contributed by atoms with van der Waals surface area (Å²) in [6.45, 7) is 2.14. The molecule has 0 spiro atoms. The Hall–Kier alpha value is -2.49. The molecule has 4 N–H and O–H groups in total. The number of nitrogens with two attached hydrogens (primary N) is 2. The minimum absolute atomic E-state index is 0.372. The molecule has 2 aromatic rings. The predicted molar refractivity (Wildman–Crippen MR) is 79.9 cm³/mol. The van der Waals surface area contributed by atoms with Crippen molar-refractivity contribution in [3.63, 3.8) is 0 Å². The van der Waals surface area contributed by atoms with Crippen LogP contribution in [0.4, 0.5) is 5.69 Å². The van der Waals surface area contributed by atoms with Gasteiger partial charge in [0.2, 0.25) is 5.91 Å². The van der Waals surface area contributed by atoms with E-state index in [1.165, 1.54) is 5.56 Å². The molecule has 0 atom stereocenters. The minimum Gasteiger partial charge on any atom is -0.455 e. The largest absolute Gasteiger partial charge is 0.455 e. The predicted octanol–water partition coefficient (Wildman–Crippen LogP) is 3.11. The first kappa shape index (κ1) is 13.9. The molecule has 0 radical (unpaired) electrons. The summed E-state index contributed by atoms with van der Waals surface area (Å²) in [4.78, 5) is 11.2. The Bertz CT molecular complexity index is 606. The number of hydrogen-bond donors (Lipinski definition) is 2. The summed E-state index contributed by atoms with van der Waals surface area (Å²) in [6.07, 6.45) is 2.15. The third kappa shape index (κ3) is 3.29. The lowest BCUT2D eigenvalue weighted by Gasteiger charge is -2.10. The van der Waals surface area contributed by atoms with Crippen LogP contribution in [0, 0.1) is 0 Å². The lowest BCUT2D eigenvalue weighted by Crippen LogP contribution is -2.11. The Labute approximate surface area is 118 Å². The summed E-state index contributed by atoms with van der Waals surface area (Å²) in [7, 11) is 0. The summed E-state index contributed by atoms with van der Waals surface area (Å²) in [5.74, 6) is 0.607. The van der Waals surface area contributed by atoms with Gasteiger partial charge in [-0.3, -0.25) is 4.79 Å². The van der Waals surface area contributed by atoms with Gasteiger partial charge in [0.1, 0.15) is 5.75 Å². The van der Waals surface area contributed by atoms with Crippen LogP contribution < -0.4 is 16.2 Å². The summed E-state index contributed by atoms with van der Waals surface area (Å²) in [5.41, 5.74) is 13.2. The maximum absolute atomic E-state index is 11.2. The summed E-state index contributed by atoms with van der Waals surface area (Å²) in [6, 6.07) is 12.6. The third-order valence-corrected chi connectivity index (χ3v) is 2.99.